The molecule has 0 aromatic heterocycles. The maximum Gasteiger partial charge on any atom is 0.338 e. The van der Waals surface area contributed by atoms with Crippen molar-refractivity contribution < 1.29 is 27.5 Å². The van der Waals surface area contributed by atoms with Crippen LogP contribution in [0.4, 0.5) is 4.79 Å². The Balaban J connectivity index is 1.87. The van der Waals surface area contributed by atoms with Gasteiger partial charge in [-0.25, -0.2) is 22.7 Å². The van der Waals surface area contributed by atoms with Crippen LogP contribution in [-0.2, 0) is 19.6 Å². The highest BCUT2D eigenvalue weighted by Gasteiger charge is 2.23. The Morgan fingerprint density at radius 1 is 1.10 bits per heavy atom. The quantitative estimate of drug-likeness (QED) is 0.570. The maximum atomic E-state index is 12.2. The Hall–Kier alpha value is -2.46. The highest BCUT2D eigenvalue weighted by molar-refractivity contribution is 7.89. The van der Waals surface area contributed by atoms with E-state index < -0.39 is 34.0 Å². The zero-order chi connectivity index (χ0) is 21.4. The van der Waals surface area contributed by atoms with E-state index in [0.717, 1.165) is 32.1 Å². The molecule has 0 unspecified atom stereocenters. The van der Waals surface area contributed by atoms with Crippen molar-refractivity contribution in [3.63, 3.8) is 0 Å². The average molecular weight is 426 g/mol. The normalized spacial score (nSPS) is 15.9. The minimum Gasteiger partial charge on any atom is -0.449 e. The third-order valence-electron chi connectivity index (χ3n) is 4.56. The summed E-state index contributed by atoms with van der Waals surface area (Å²) >= 11 is 0. The molecule has 160 valence electrons. The first kappa shape index (κ1) is 22.8. The molecular weight excluding hydrogens is 398 g/mol. The SMILES string of the molecule is CCNS(=O)(=O)c1ccc(C(=O)O[C@@H](C)C(=O)NC(=O)NC2CCCCC2)cc1. The fourth-order valence-corrected chi connectivity index (χ4v) is 4.05. The second kappa shape index (κ2) is 10.4. The van der Waals surface area contributed by atoms with Gasteiger partial charge in [0, 0.05) is 12.6 Å². The third-order valence-corrected chi connectivity index (χ3v) is 6.13. The van der Waals surface area contributed by atoms with E-state index in [0.29, 0.717) is 0 Å². The Morgan fingerprint density at radius 3 is 2.31 bits per heavy atom. The summed E-state index contributed by atoms with van der Waals surface area (Å²) in [6.07, 6.45) is 3.80. The number of rotatable bonds is 7. The molecule has 1 aliphatic rings. The van der Waals surface area contributed by atoms with Gasteiger partial charge in [-0.05, 0) is 44.0 Å². The second-order valence-corrected chi connectivity index (χ2v) is 8.64. The van der Waals surface area contributed by atoms with Crippen molar-refractivity contribution in [2.45, 2.75) is 63.0 Å². The summed E-state index contributed by atoms with van der Waals surface area (Å²) in [5.41, 5.74) is 0.0896. The predicted octanol–water partition coefficient (Wildman–Crippen LogP) is 1.69. The van der Waals surface area contributed by atoms with Gasteiger partial charge in [-0.1, -0.05) is 26.2 Å². The highest BCUT2D eigenvalue weighted by atomic mass is 32.2. The van der Waals surface area contributed by atoms with Crippen molar-refractivity contribution in [1.82, 2.24) is 15.4 Å². The number of esters is 1. The number of benzene rings is 1. The second-order valence-electron chi connectivity index (χ2n) is 6.87. The first-order valence-electron chi connectivity index (χ1n) is 9.65. The van der Waals surface area contributed by atoms with Gasteiger partial charge in [0.05, 0.1) is 10.5 Å². The number of hydrogen-bond donors (Lipinski definition) is 3. The molecule has 3 N–H and O–H groups in total. The van der Waals surface area contributed by atoms with Gasteiger partial charge in [0.15, 0.2) is 6.10 Å². The van der Waals surface area contributed by atoms with Crippen molar-refractivity contribution in [1.29, 1.82) is 0 Å². The van der Waals surface area contributed by atoms with Crippen molar-refractivity contribution in [2.24, 2.45) is 0 Å². The molecule has 3 amide bonds. The summed E-state index contributed by atoms with van der Waals surface area (Å²) in [7, 11) is -3.63. The number of carbonyl (C=O) groups is 3. The number of amides is 3. The molecule has 10 heteroatoms. The molecule has 1 saturated carbocycles. The lowest BCUT2D eigenvalue weighted by molar-refractivity contribution is -0.127. The molecule has 1 atom stereocenters. The molecule has 2 rings (SSSR count). The lowest BCUT2D eigenvalue weighted by Crippen LogP contribution is -2.48. The molecule has 0 saturated heterocycles. The number of sulfonamides is 1. The molecule has 0 heterocycles. The van der Waals surface area contributed by atoms with Gasteiger partial charge < -0.3 is 10.1 Å². The van der Waals surface area contributed by atoms with Crippen LogP contribution in [-0.4, -0.2) is 45.0 Å². The molecule has 1 aromatic rings. The zero-order valence-electron chi connectivity index (χ0n) is 16.6. The Labute approximate surface area is 170 Å². The highest BCUT2D eigenvalue weighted by Crippen LogP contribution is 2.17. The fourth-order valence-electron chi connectivity index (χ4n) is 3.01. The molecule has 0 radical (unpaired) electrons. The first-order chi connectivity index (χ1) is 13.7. The molecule has 0 bridgehead atoms. The lowest BCUT2D eigenvalue weighted by Gasteiger charge is -2.23. The van der Waals surface area contributed by atoms with Crippen molar-refractivity contribution >= 4 is 27.9 Å². The van der Waals surface area contributed by atoms with E-state index in [4.69, 9.17) is 4.74 Å². The summed E-state index contributed by atoms with van der Waals surface area (Å²) in [5.74, 6) is -1.54. The van der Waals surface area contributed by atoms with E-state index in [-0.39, 0.29) is 23.0 Å². The number of nitrogens with one attached hydrogen (secondary N) is 3. The molecular formula is C19H27N3O6S. The molecule has 0 aliphatic heterocycles. The van der Waals surface area contributed by atoms with E-state index in [1.807, 2.05) is 0 Å². The molecule has 0 spiro atoms. The maximum absolute atomic E-state index is 12.2. The molecule has 1 fully saturated rings. The van der Waals surface area contributed by atoms with Gasteiger partial charge >= 0.3 is 12.0 Å². The fraction of sp³-hybridized carbons (Fsp3) is 0.526. The van der Waals surface area contributed by atoms with E-state index >= 15 is 0 Å². The number of urea groups is 1. The largest absolute Gasteiger partial charge is 0.449 e. The van der Waals surface area contributed by atoms with Crippen LogP contribution < -0.4 is 15.4 Å². The Kier molecular flexibility index (Phi) is 8.15. The predicted molar refractivity (Wildman–Crippen MR) is 106 cm³/mol. The first-order valence-corrected chi connectivity index (χ1v) is 11.1. The standard InChI is InChI=1S/C19H27N3O6S/c1-3-20-29(26,27)16-11-9-14(10-12-16)18(24)28-13(2)17(23)22-19(25)21-15-7-5-4-6-8-15/h9-13,15,20H,3-8H2,1-2H3,(H2,21,22,23,25)/t13-/m0/s1. The summed E-state index contributed by atoms with van der Waals surface area (Å²) < 4.78 is 31.2. The minimum atomic E-state index is -3.63. The summed E-state index contributed by atoms with van der Waals surface area (Å²) in [6.45, 7) is 3.25. The van der Waals surface area contributed by atoms with Crippen LogP contribution in [0, 0.1) is 0 Å². The van der Waals surface area contributed by atoms with Gasteiger partial charge in [-0.15, -0.1) is 0 Å². The summed E-state index contributed by atoms with van der Waals surface area (Å²) in [5, 5.41) is 4.92. The van der Waals surface area contributed by atoms with E-state index in [9.17, 15) is 22.8 Å². The molecule has 9 nitrogen and oxygen atoms in total. The Morgan fingerprint density at radius 2 is 1.72 bits per heavy atom. The smallest absolute Gasteiger partial charge is 0.338 e. The van der Waals surface area contributed by atoms with Crippen LogP contribution in [0.1, 0.15) is 56.3 Å². The van der Waals surface area contributed by atoms with Gasteiger partial charge in [0.1, 0.15) is 0 Å². The van der Waals surface area contributed by atoms with Crippen LogP contribution in [0.3, 0.4) is 0 Å². The monoisotopic (exact) mass is 425 g/mol. The lowest BCUT2D eigenvalue weighted by atomic mass is 9.96. The van der Waals surface area contributed by atoms with Gasteiger partial charge in [0.25, 0.3) is 5.91 Å². The van der Waals surface area contributed by atoms with Crippen LogP contribution in [0.5, 0.6) is 0 Å². The van der Waals surface area contributed by atoms with Crippen LogP contribution in [0.15, 0.2) is 29.2 Å². The topological polar surface area (TPSA) is 131 Å². The van der Waals surface area contributed by atoms with Crippen LogP contribution in [0.25, 0.3) is 0 Å². The molecule has 1 aromatic carbocycles. The van der Waals surface area contributed by atoms with Gasteiger partial charge in [0.2, 0.25) is 10.0 Å². The van der Waals surface area contributed by atoms with Gasteiger partial charge in [-0.2, -0.15) is 0 Å². The minimum absolute atomic E-state index is 0.0149. The average Bonchev–Trinajstić information content (AvgIpc) is 2.68. The Bertz CT molecular complexity index is 832. The van der Waals surface area contributed by atoms with Crippen LogP contribution >= 0.6 is 0 Å². The zero-order valence-corrected chi connectivity index (χ0v) is 17.4. The number of imide groups is 1. The number of hydrogen-bond acceptors (Lipinski definition) is 6. The summed E-state index contributed by atoms with van der Waals surface area (Å²) in [6, 6.07) is 4.59. The molecule has 29 heavy (non-hydrogen) atoms. The molecule has 1 aliphatic carbocycles. The number of carbonyl (C=O) groups excluding carboxylic acids is 3. The van der Waals surface area contributed by atoms with E-state index in [1.165, 1.54) is 31.2 Å². The van der Waals surface area contributed by atoms with E-state index in [1.54, 1.807) is 6.92 Å². The number of ether oxygens (including phenoxy) is 1. The van der Waals surface area contributed by atoms with Crippen molar-refractivity contribution in [3.05, 3.63) is 29.8 Å². The van der Waals surface area contributed by atoms with Crippen molar-refractivity contribution in [2.75, 3.05) is 6.54 Å². The summed E-state index contributed by atoms with van der Waals surface area (Å²) in [4.78, 5) is 36.2. The third kappa shape index (κ3) is 6.82. The van der Waals surface area contributed by atoms with Crippen molar-refractivity contribution in [3.8, 4) is 0 Å². The van der Waals surface area contributed by atoms with Crippen LogP contribution in [0.2, 0.25) is 0 Å². The van der Waals surface area contributed by atoms with E-state index in [2.05, 4.69) is 15.4 Å². The van der Waals surface area contributed by atoms with Gasteiger partial charge in [-0.3, -0.25) is 10.1 Å².